The van der Waals surface area contributed by atoms with E-state index in [9.17, 15) is 4.79 Å². The van der Waals surface area contributed by atoms with Gasteiger partial charge in [0.05, 0.1) is 0 Å². The summed E-state index contributed by atoms with van der Waals surface area (Å²) in [4.78, 5) is 27.0. The highest BCUT2D eigenvalue weighted by Gasteiger charge is 2.19. The Morgan fingerprint density at radius 2 is 1.90 bits per heavy atom. The second-order valence-electron chi connectivity index (χ2n) is 5.40. The molecule has 7 heteroatoms. The van der Waals surface area contributed by atoms with E-state index in [1.807, 2.05) is 20.8 Å². The Morgan fingerprint density at radius 3 is 2.50 bits per heavy atom. The van der Waals surface area contributed by atoms with Crippen LogP contribution in [0.3, 0.4) is 0 Å². The summed E-state index contributed by atoms with van der Waals surface area (Å²) in [5, 5.41) is 1.52. The molecule has 0 aromatic carbocycles. The van der Waals surface area contributed by atoms with Crippen LogP contribution in [0.5, 0.6) is 0 Å². The summed E-state index contributed by atoms with van der Waals surface area (Å²) in [6.07, 6.45) is 0. The molecule has 106 valence electrons. The maximum absolute atomic E-state index is 11.4. The van der Waals surface area contributed by atoms with E-state index in [4.69, 9.17) is 11.6 Å². The lowest BCUT2D eigenvalue weighted by atomic mass is 9.96. The van der Waals surface area contributed by atoms with E-state index in [-0.39, 0.29) is 11.0 Å². The monoisotopic (exact) mass is 310 g/mol. The molecule has 0 aliphatic heterocycles. The summed E-state index contributed by atoms with van der Waals surface area (Å²) in [6, 6.07) is 3.10. The van der Waals surface area contributed by atoms with Gasteiger partial charge in [-0.25, -0.2) is 15.0 Å². The third-order valence-corrected chi connectivity index (χ3v) is 3.39. The van der Waals surface area contributed by atoms with Gasteiger partial charge in [0.2, 0.25) is 0 Å². The normalized spacial score (nSPS) is 11.7. The predicted molar refractivity (Wildman–Crippen MR) is 79.5 cm³/mol. The van der Waals surface area contributed by atoms with Crippen LogP contribution in [0.25, 0.3) is 0 Å². The van der Waals surface area contributed by atoms with E-state index >= 15 is 0 Å². The summed E-state index contributed by atoms with van der Waals surface area (Å²) < 4.78 is 0. The van der Waals surface area contributed by atoms with Gasteiger partial charge < -0.3 is 4.98 Å². The van der Waals surface area contributed by atoms with Crippen molar-refractivity contribution in [3.8, 4) is 0 Å². The summed E-state index contributed by atoms with van der Waals surface area (Å²) in [6.45, 7) is 7.81. The number of aromatic amines is 1. The third kappa shape index (κ3) is 3.80. The van der Waals surface area contributed by atoms with Gasteiger partial charge in [-0.05, 0) is 18.7 Å². The molecule has 0 amide bonds. The van der Waals surface area contributed by atoms with E-state index in [1.165, 1.54) is 17.8 Å². The first-order valence-electron chi connectivity index (χ1n) is 6.05. The standard InChI is InChI=1S/C13H15ClN4OS/c1-7-5-9(19)17-12(15-7)20-10-6-8(14)16-11(18-10)13(2,3)4/h5-6H,1-4H3,(H,15,17,19). The third-order valence-electron chi connectivity index (χ3n) is 2.39. The number of nitrogens with one attached hydrogen (secondary N) is 1. The maximum atomic E-state index is 11.4. The van der Waals surface area contributed by atoms with E-state index in [0.717, 1.165) is 0 Å². The molecule has 2 rings (SSSR count). The molecule has 0 unspecified atom stereocenters. The second kappa shape index (κ2) is 5.54. The van der Waals surface area contributed by atoms with Crippen LogP contribution < -0.4 is 5.56 Å². The SMILES string of the molecule is Cc1cc(=O)[nH]c(Sc2cc(Cl)nc(C(C)(C)C)n2)n1. The Morgan fingerprint density at radius 1 is 1.20 bits per heavy atom. The minimum Gasteiger partial charge on any atom is -0.301 e. The molecule has 0 spiro atoms. The van der Waals surface area contributed by atoms with Crippen LogP contribution >= 0.6 is 23.4 Å². The Labute approximate surface area is 126 Å². The van der Waals surface area contributed by atoms with Crippen LogP contribution in [0, 0.1) is 6.92 Å². The van der Waals surface area contributed by atoms with Gasteiger partial charge in [0, 0.05) is 23.2 Å². The molecular formula is C13H15ClN4OS. The molecule has 0 aliphatic carbocycles. The first kappa shape index (κ1) is 15.0. The van der Waals surface area contributed by atoms with Gasteiger partial charge >= 0.3 is 0 Å². The topological polar surface area (TPSA) is 71.5 Å². The summed E-state index contributed by atoms with van der Waals surface area (Å²) in [5.41, 5.74) is 0.275. The number of aryl methyl sites for hydroxylation is 1. The smallest absolute Gasteiger partial charge is 0.251 e. The molecule has 0 radical (unpaired) electrons. The Kier molecular flexibility index (Phi) is 4.15. The minimum atomic E-state index is -0.201. The lowest BCUT2D eigenvalue weighted by Crippen LogP contribution is -2.16. The average Bonchev–Trinajstić information content (AvgIpc) is 2.25. The van der Waals surface area contributed by atoms with Crippen molar-refractivity contribution >= 4 is 23.4 Å². The molecule has 2 heterocycles. The van der Waals surface area contributed by atoms with Crippen molar-refractivity contribution in [2.45, 2.75) is 43.3 Å². The van der Waals surface area contributed by atoms with Gasteiger partial charge in [-0.3, -0.25) is 4.79 Å². The fourth-order valence-corrected chi connectivity index (χ4v) is 2.57. The van der Waals surface area contributed by atoms with Crippen LogP contribution in [0.1, 0.15) is 32.3 Å². The largest absolute Gasteiger partial charge is 0.301 e. The maximum Gasteiger partial charge on any atom is 0.251 e. The Hall–Kier alpha value is -1.40. The van der Waals surface area contributed by atoms with Crippen molar-refractivity contribution in [2.75, 3.05) is 0 Å². The molecule has 0 saturated heterocycles. The zero-order valence-corrected chi connectivity index (χ0v) is 13.3. The van der Waals surface area contributed by atoms with Gasteiger partial charge in [-0.1, -0.05) is 32.4 Å². The van der Waals surface area contributed by atoms with Crippen LogP contribution in [0.15, 0.2) is 27.1 Å². The van der Waals surface area contributed by atoms with Crippen LogP contribution in [0.4, 0.5) is 0 Å². The van der Waals surface area contributed by atoms with Crippen molar-refractivity contribution in [1.29, 1.82) is 0 Å². The lowest BCUT2D eigenvalue weighted by molar-refractivity contribution is 0.538. The van der Waals surface area contributed by atoms with Gasteiger partial charge in [-0.15, -0.1) is 0 Å². The molecule has 0 aliphatic rings. The van der Waals surface area contributed by atoms with Gasteiger partial charge in [0.25, 0.3) is 5.56 Å². The molecule has 5 nitrogen and oxygen atoms in total. The molecule has 2 aromatic rings. The molecule has 2 aromatic heterocycles. The van der Waals surface area contributed by atoms with Crippen molar-refractivity contribution in [3.63, 3.8) is 0 Å². The first-order chi connectivity index (χ1) is 9.24. The molecule has 0 atom stereocenters. The highest BCUT2D eigenvalue weighted by Crippen LogP contribution is 2.27. The fourth-order valence-electron chi connectivity index (χ4n) is 1.48. The van der Waals surface area contributed by atoms with Crippen LogP contribution in [-0.2, 0) is 5.41 Å². The minimum absolute atomic E-state index is 0.184. The number of nitrogens with zero attached hydrogens (tertiary/aromatic N) is 3. The summed E-state index contributed by atoms with van der Waals surface area (Å²) in [5.74, 6) is 0.655. The predicted octanol–water partition coefficient (Wildman–Crippen LogP) is 2.97. The Bertz CT molecular complexity index is 694. The molecule has 0 fully saturated rings. The van der Waals surface area contributed by atoms with Gasteiger partial charge in [0.1, 0.15) is 16.0 Å². The number of hydrogen-bond acceptors (Lipinski definition) is 5. The van der Waals surface area contributed by atoms with Crippen molar-refractivity contribution < 1.29 is 0 Å². The summed E-state index contributed by atoms with van der Waals surface area (Å²) in [7, 11) is 0. The van der Waals surface area contributed by atoms with Gasteiger partial charge in [0.15, 0.2) is 5.16 Å². The molecule has 0 saturated carbocycles. The number of hydrogen-bond donors (Lipinski definition) is 1. The summed E-state index contributed by atoms with van der Waals surface area (Å²) >= 11 is 7.29. The van der Waals surface area contributed by atoms with E-state index < -0.39 is 0 Å². The molecular weight excluding hydrogens is 296 g/mol. The zero-order chi connectivity index (χ0) is 14.9. The zero-order valence-electron chi connectivity index (χ0n) is 11.7. The number of aromatic nitrogens is 4. The van der Waals surface area contributed by atoms with E-state index in [0.29, 0.717) is 26.9 Å². The highest BCUT2D eigenvalue weighted by molar-refractivity contribution is 7.99. The number of halogens is 1. The van der Waals surface area contributed by atoms with Crippen molar-refractivity contribution in [2.24, 2.45) is 0 Å². The first-order valence-corrected chi connectivity index (χ1v) is 7.24. The average molecular weight is 311 g/mol. The van der Waals surface area contributed by atoms with Gasteiger partial charge in [-0.2, -0.15) is 0 Å². The van der Waals surface area contributed by atoms with E-state index in [1.54, 1.807) is 13.0 Å². The molecule has 20 heavy (non-hydrogen) atoms. The highest BCUT2D eigenvalue weighted by atomic mass is 35.5. The van der Waals surface area contributed by atoms with Crippen molar-refractivity contribution in [3.05, 3.63) is 39.2 Å². The van der Waals surface area contributed by atoms with Crippen LogP contribution in [0.2, 0.25) is 5.15 Å². The lowest BCUT2D eigenvalue weighted by Gasteiger charge is -2.17. The second-order valence-corrected chi connectivity index (χ2v) is 6.79. The Balaban J connectivity index is 2.38. The number of H-pyrrole nitrogens is 1. The van der Waals surface area contributed by atoms with Crippen molar-refractivity contribution in [1.82, 2.24) is 19.9 Å². The molecule has 1 N–H and O–H groups in total. The molecule has 0 bridgehead atoms. The quantitative estimate of drug-likeness (QED) is 0.682. The number of rotatable bonds is 2. The van der Waals surface area contributed by atoms with E-state index in [2.05, 4.69) is 19.9 Å². The van der Waals surface area contributed by atoms with Crippen LogP contribution in [-0.4, -0.2) is 19.9 Å². The fraction of sp³-hybridized carbons (Fsp3) is 0.385.